The predicted octanol–water partition coefficient (Wildman–Crippen LogP) is 5.34. The van der Waals surface area contributed by atoms with Crippen LogP contribution in [0.2, 0.25) is 0 Å². The van der Waals surface area contributed by atoms with Gasteiger partial charge in [0.05, 0.1) is 0 Å². The number of ether oxygens (including phenoxy) is 1. The summed E-state index contributed by atoms with van der Waals surface area (Å²) in [6.45, 7) is 0.0565. The predicted molar refractivity (Wildman–Crippen MR) is 150 cm³/mol. The van der Waals surface area contributed by atoms with Gasteiger partial charge in [0.2, 0.25) is 5.43 Å². The Hall–Kier alpha value is -4.18. The van der Waals surface area contributed by atoms with Crippen LogP contribution in [0.25, 0.3) is 0 Å². The number of benzene rings is 3. The first-order valence-corrected chi connectivity index (χ1v) is 13.7. The molecule has 3 aromatic carbocycles. The molecule has 0 bridgehead atoms. The van der Waals surface area contributed by atoms with E-state index in [0.717, 1.165) is 17.7 Å². The third-order valence-corrected chi connectivity index (χ3v) is 7.35. The third kappa shape index (κ3) is 5.06. The van der Waals surface area contributed by atoms with Crippen molar-refractivity contribution >= 4 is 21.8 Å². The van der Waals surface area contributed by atoms with Crippen molar-refractivity contribution in [1.29, 1.82) is 0 Å². The number of rotatable bonds is 8. The van der Waals surface area contributed by atoms with Crippen LogP contribution in [0.4, 0.5) is 8.78 Å². The van der Waals surface area contributed by atoms with Gasteiger partial charge in [-0.3, -0.25) is 19.3 Å². The van der Waals surface area contributed by atoms with Crippen LogP contribution in [0, 0.1) is 11.6 Å². The molecule has 1 aliphatic heterocycles. The highest BCUT2D eigenvalue weighted by Gasteiger charge is 2.42. The Labute approximate surface area is 238 Å². The average molecular weight is 610 g/mol. The summed E-state index contributed by atoms with van der Waals surface area (Å²) in [5.41, 5.74) is 1.05. The largest absolute Gasteiger partial charge is 0.507 e. The van der Waals surface area contributed by atoms with Crippen LogP contribution in [-0.4, -0.2) is 39.1 Å². The van der Waals surface area contributed by atoms with Crippen LogP contribution in [-0.2, 0) is 6.61 Å². The van der Waals surface area contributed by atoms with Crippen molar-refractivity contribution in [1.82, 2.24) is 9.58 Å². The number of hydrogen-bond acceptors (Lipinski definition) is 5. The fourth-order valence-electron chi connectivity index (χ4n) is 4.99. The first kappa shape index (κ1) is 27.4. The van der Waals surface area contributed by atoms with E-state index in [4.69, 9.17) is 4.74 Å². The molecule has 10 heteroatoms. The number of alkyl halides is 1. The zero-order valence-electron chi connectivity index (χ0n) is 21.5. The molecule has 0 aliphatic carbocycles. The van der Waals surface area contributed by atoms with E-state index in [1.807, 2.05) is 36.4 Å². The number of fused-ring (bicyclic) bond motifs is 1. The van der Waals surface area contributed by atoms with Gasteiger partial charge in [0.25, 0.3) is 5.91 Å². The Morgan fingerprint density at radius 3 is 2.30 bits per heavy atom. The number of nitrogens with zero attached hydrogens (tertiary/aromatic N) is 3. The van der Waals surface area contributed by atoms with Gasteiger partial charge in [-0.25, -0.2) is 8.78 Å². The molecule has 40 heavy (non-hydrogen) atoms. The topological polar surface area (TPSA) is 75.0 Å². The quantitative estimate of drug-likeness (QED) is 0.273. The van der Waals surface area contributed by atoms with Crippen molar-refractivity contribution in [3.63, 3.8) is 0 Å². The molecule has 206 valence electrons. The standard InChI is InChI=1S/C30H26BrF2N3O4/c1-34-26(12-14-31)36(27(20-10-6-3-7-11-20)21-16-22(32)23(33)17-25(21)38)35-15-13-24(37)29(28(35)30(34)39)40-18-19-8-4-2-5-9-19/h2-11,13,15-17,26-27,38H,12,14,18H2,1H3. The van der Waals surface area contributed by atoms with Gasteiger partial charge in [0, 0.05) is 36.3 Å². The maximum Gasteiger partial charge on any atom is 0.277 e. The lowest BCUT2D eigenvalue weighted by Gasteiger charge is -2.49. The Balaban J connectivity index is 1.74. The summed E-state index contributed by atoms with van der Waals surface area (Å²) in [6, 6.07) is 20.3. The molecule has 0 spiro atoms. The molecule has 4 aromatic rings. The number of aromatic nitrogens is 1. The number of amides is 1. The molecular formula is C30H26BrF2N3O4. The lowest BCUT2D eigenvalue weighted by Crippen LogP contribution is -2.61. The van der Waals surface area contributed by atoms with Crippen molar-refractivity contribution in [2.24, 2.45) is 0 Å². The first-order valence-electron chi connectivity index (χ1n) is 12.6. The molecule has 1 amide bonds. The number of hydrogen-bond donors (Lipinski definition) is 1. The summed E-state index contributed by atoms with van der Waals surface area (Å²) >= 11 is 3.47. The van der Waals surface area contributed by atoms with E-state index in [9.17, 15) is 23.5 Å². The highest BCUT2D eigenvalue weighted by molar-refractivity contribution is 9.09. The lowest BCUT2D eigenvalue weighted by molar-refractivity contribution is 0.0610. The Morgan fingerprint density at radius 2 is 1.62 bits per heavy atom. The molecule has 2 heterocycles. The summed E-state index contributed by atoms with van der Waals surface area (Å²) in [5, 5.41) is 13.1. The zero-order valence-corrected chi connectivity index (χ0v) is 23.1. The summed E-state index contributed by atoms with van der Waals surface area (Å²) < 4.78 is 36.2. The summed E-state index contributed by atoms with van der Waals surface area (Å²) in [4.78, 5) is 28.3. The number of carbonyl (C=O) groups is 1. The number of aromatic hydroxyl groups is 1. The van der Waals surface area contributed by atoms with Crippen molar-refractivity contribution in [2.75, 3.05) is 17.4 Å². The van der Waals surface area contributed by atoms with Gasteiger partial charge in [0.1, 0.15) is 24.6 Å². The molecule has 1 aliphatic rings. The van der Waals surface area contributed by atoms with Gasteiger partial charge in [-0.05, 0) is 23.6 Å². The highest BCUT2D eigenvalue weighted by atomic mass is 79.9. The maximum atomic E-state index is 14.6. The van der Waals surface area contributed by atoms with Crippen LogP contribution in [0.15, 0.2) is 89.9 Å². The number of phenols is 1. The monoisotopic (exact) mass is 609 g/mol. The van der Waals surface area contributed by atoms with Crippen molar-refractivity contribution in [3.8, 4) is 11.5 Å². The van der Waals surface area contributed by atoms with E-state index >= 15 is 0 Å². The number of phenolic OH excluding ortho intramolecular Hbond substituents is 1. The van der Waals surface area contributed by atoms with Gasteiger partial charge in [-0.2, -0.15) is 0 Å². The van der Waals surface area contributed by atoms with Gasteiger partial charge in [-0.15, -0.1) is 0 Å². The Morgan fingerprint density at radius 1 is 0.975 bits per heavy atom. The fourth-order valence-corrected chi connectivity index (χ4v) is 5.40. The molecule has 1 aromatic heterocycles. The van der Waals surface area contributed by atoms with Gasteiger partial charge >= 0.3 is 0 Å². The normalized spacial score (nSPS) is 15.6. The molecule has 0 radical (unpaired) electrons. The Kier molecular flexibility index (Phi) is 7.88. The van der Waals surface area contributed by atoms with Crippen molar-refractivity contribution < 1.29 is 23.4 Å². The van der Waals surface area contributed by atoms with Crippen LogP contribution in [0.3, 0.4) is 0 Å². The molecule has 0 saturated heterocycles. The van der Waals surface area contributed by atoms with E-state index in [2.05, 4.69) is 15.9 Å². The summed E-state index contributed by atoms with van der Waals surface area (Å²) in [7, 11) is 1.61. The maximum absolute atomic E-state index is 14.6. The minimum Gasteiger partial charge on any atom is -0.507 e. The number of pyridine rings is 1. The molecule has 0 fully saturated rings. The molecule has 2 unspecified atom stereocenters. The molecule has 0 saturated carbocycles. The molecule has 1 N–H and O–H groups in total. The van der Waals surface area contributed by atoms with Crippen LogP contribution in [0.5, 0.6) is 11.5 Å². The molecule has 2 atom stereocenters. The third-order valence-electron chi connectivity index (χ3n) is 6.90. The van der Waals surface area contributed by atoms with E-state index in [1.54, 1.807) is 36.3 Å². The zero-order chi connectivity index (χ0) is 28.4. The highest BCUT2D eigenvalue weighted by Crippen LogP contribution is 2.39. The van der Waals surface area contributed by atoms with Crippen LogP contribution in [0.1, 0.15) is 39.6 Å². The fraction of sp³-hybridized carbons (Fsp3) is 0.200. The number of carbonyl (C=O) groups excluding carboxylic acids is 1. The first-order chi connectivity index (χ1) is 19.3. The van der Waals surface area contributed by atoms with E-state index < -0.39 is 40.9 Å². The second-order valence-electron chi connectivity index (χ2n) is 9.37. The van der Waals surface area contributed by atoms with Crippen molar-refractivity contribution in [2.45, 2.75) is 25.2 Å². The second-order valence-corrected chi connectivity index (χ2v) is 10.2. The van der Waals surface area contributed by atoms with E-state index in [1.165, 1.54) is 21.8 Å². The minimum absolute atomic E-state index is 0.0141. The van der Waals surface area contributed by atoms with Crippen LogP contribution >= 0.6 is 15.9 Å². The van der Waals surface area contributed by atoms with Crippen LogP contribution < -0.4 is 15.2 Å². The summed E-state index contributed by atoms with van der Waals surface area (Å²) in [5.74, 6) is -3.33. The minimum atomic E-state index is -1.18. The number of halogens is 3. The van der Waals surface area contributed by atoms with Crippen molar-refractivity contribution in [3.05, 3.63) is 129 Å². The van der Waals surface area contributed by atoms with Gasteiger partial charge in [0.15, 0.2) is 23.1 Å². The van der Waals surface area contributed by atoms with Gasteiger partial charge < -0.3 is 14.7 Å². The molecule has 5 rings (SSSR count). The van der Waals surface area contributed by atoms with E-state index in [-0.39, 0.29) is 23.6 Å². The molecular weight excluding hydrogens is 584 g/mol. The molecule has 7 nitrogen and oxygen atoms in total. The van der Waals surface area contributed by atoms with Gasteiger partial charge in [-0.1, -0.05) is 76.6 Å². The Bertz CT molecular complexity index is 1580. The summed E-state index contributed by atoms with van der Waals surface area (Å²) in [6.07, 6.45) is 1.29. The lowest BCUT2D eigenvalue weighted by atomic mass is 9.95. The van der Waals surface area contributed by atoms with E-state index in [0.29, 0.717) is 17.3 Å². The smallest absolute Gasteiger partial charge is 0.277 e. The second kappa shape index (κ2) is 11.5. The average Bonchev–Trinajstić information content (AvgIpc) is 2.96. The SMILES string of the molecule is CN1C(=O)c2c(OCc3ccccc3)c(=O)ccn2N(C(c2ccccc2)c2cc(F)c(F)cc2O)C1CCBr.